The van der Waals surface area contributed by atoms with Gasteiger partial charge in [-0.1, -0.05) is 29.8 Å². The topological polar surface area (TPSA) is 0 Å². The zero-order valence-corrected chi connectivity index (χ0v) is 13.8. The fourth-order valence-electron chi connectivity index (χ4n) is 3.39. The van der Waals surface area contributed by atoms with Gasteiger partial charge in [0.2, 0.25) is 0 Å². The first-order chi connectivity index (χ1) is 8.65. The van der Waals surface area contributed by atoms with Crippen LogP contribution in [0.5, 0.6) is 0 Å². The molecular formula is C16H21BrClN. The molecule has 1 nitrogen and oxygen atoms in total. The first-order valence-corrected chi connectivity index (χ1v) is 7.29. The number of benzene rings is 1. The molecule has 3 heterocycles. The van der Waals surface area contributed by atoms with E-state index in [1.807, 2.05) is 12.1 Å². The van der Waals surface area contributed by atoms with Crippen molar-refractivity contribution in [2.75, 3.05) is 26.7 Å². The van der Waals surface area contributed by atoms with Crippen LogP contribution in [0.25, 0.3) is 0 Å². The van der Waals surface area contributed by atoms with E-state index in [4.69, 9.17) is 11.6 Å². The van der Waals surface area contributed by atoms with Crippen LogP contribution in [-0.2, 0) is 6.42 Å². The summed E-state index contributed by atoms with van der Waals surface area (Å²) in [7, 11) is 2.41. The molecule has 0 radical (unpaired) electrons. The minimum Gasteiger partial charge on any atom is -1.00 e. The highest BCUT2D eigenvalue weighted by atomic mass is 79.9. The number of likely N-dealkylation sites (N-methyl/N-ethyl adjacent to an activating group) is 1. The van der Waals surface area contributed by atoms with E-state index < -0.39 is 0 Å². The Kier molecular flexibility index (Phi) is 4.75. The van der Waals surface area contributed by atoms with Gasteiger partial charge in [0.1, 0.15) is 6.54 Å². The van der Waals surface area contributed by atoms with Crippen LogP contribution in [0.2, 0.25) is 5.02 Å². The lowest BCUT2D eigenvalue weighted by molar-refractivity contribution is -0.917. The molecule has 3 aliphatic rings. The van der Waals surface area contributed by atoms with Gasteiger partial charge in [-0.2, -0.15) is 0 Å². The number of halogens is 2. The number of fused-ring (bicyclic) bond motifs is 3. The molecule has 0 atom stereocenters. The molecular weight excluding hydrogens is 322 g/mol. The van der Waals surface area contributed by atoms with Crippen LogP contribution in [0.1, 0.15) is 18.4 Å². The number of allylic oxidation sites excluding steroid dienone is 1. The number of quaternary nitrogens is 1. The number of piperidine rings is 3. The predicted molar refractivity (Wildman–Crippen MR) is 76.7 cm³/mol. The van der Waals surface area contributed by atoms with Crippen molar-refractivity contribution in [1.82, 2.24) is 0 Å². The van der Waals surface area contributed by atoms with Crippen LogP contribution in [0.3, 0.4) is 0 Å². The van der Waals surface area contributed by atoms with Crippen molar-refractivity contribution in [3.8, 4) is 0 Å². The van der Waals surface area contributed by atoms with Crippen molar-refractivity contribution in [1.29, 1.82) is 0 Å². The van der Waals surface area contributed by atoms with E-state index in [0.717, 1.165) is 17.4 Å². The molecule has 4 rings (SSSR count). The highest BCUT2D eigenvalue weighted by Crippen LogP contribution is 2.36. The maximum atomic E-state index is 5.91. The van der Waals surface area contributed by atoms with E-state index in [1.54, 1.807) is 5.57 Å². The minimum absolute atomic E-state index is 0. The molecule has 3 aliphatic heterocycles. The molecule has 0 N–H and O–H groups in total. The molecule has 3 saturated heterocycles. The van der Waals surface area contributed by atoms with Gasteiger partial charge in [-0.25, -0.2) is 0 Å². The Morgan fingerprint density at radius 2 is 1.84 bits per heavy atom. The van der Waals surface area contributed by atoms with Crippen molar-refractivity contribution in [3.63, 3.8) is 0 Å². The molecule has 1 aromatic carbocycles. The van der Waals surface area contributed by atoms with E-state index in [2.05, 4.69) is 25.3 Å². The van der Waals surface area contributed by atoms with Gasteiger partial charge in [0, 0.05) is 17.9 Å². The molecule has 1 aromatic rings. The summed E-state index contributed by atoms with van der Waals surface area (Å²) in [6, 6.07) is 8.24. The third-order valence-corrected chi connectivity index (χ3v) is 4.89. The molecule has 0 spiro atoms. The lowest BCUT2D eigenvalue weighted by Crippen LogP contribution is -3.00. The van der Waals surface area contributed by atoms with Crippen molar-refractivity contribution >= 4 is 11.6 Å². The van der Waals surface area contributed by atoms with E-state index in [0.29, 0.717) is 0 Å². The second kappa shape index (κ2) is 5.99. The molecule has 0 aromatic heterocycles. The maximum absolute atomic E-state index is 5.91. The molecule has 3 heteroatoms. The van der Waals surface area contributed by atoms with Crippen LogP contribution in [-0.4, -0.2) is 31.2 Å². The third-order valence-electron chi connectivity index (χ3n) is 4.64. The summed E-state index contributed by atoms with van der Waals surface area (Å²) >= 11 is 5.91. The summed E-state index contributed by atoms with van der Waals surface area (Å²) in [6.07, 6.45) is 6.32. The van der Waals surface area contributed by atoms with Gasteiger partial charge in [-0.05, 0) is 35.6 Å². The third kappa shape index (κ3) is 3.42. The summed E-state index contributed by atoms with van der Waals surface area (Å²) < 4.78 is 1.27. The first-order valence-electron chi connectivity index (χ1n) is 6.92. The Hall–Kier alpha value is -0.310. The Labute approximate surface area is 131 Å². The van der Waals surface area contributed by atoms with Crippen LogP contribution in [0, 0.1) is 5.92 Å². The van der Waals surface area contributed by atoms with Gasteiger partial charge in [-0.15, -0.1) is 0 Å². The highest BCUT2D eigenvalue weighted by Gasteiger charge is 2.39. The summed E-state index contributed by atoms with van der Waals surface area (Å²) in [4.78, 5) is 0. The largest absolute Gasteiger partial charge is 1.00 e. The molecule has 2 bridgehead atoms. The van der Waals surface area contributed by atoms with E-state index >= 15 is 0 Å². The van der Waals surface area contributed by atoms with E-state index in [9.17, 15) is 0 Å². The summed E-state index contributed by atoms with van der Waals surface area (Å²) in [5.41, 5.74) is 3.07. The summed E-state index contributed by atoms with van der Waals surface area (Å²) in [5, 5.41) is 0.826. The SMILES string of the molecule is C[N+]12CCC(CC1)/C(=C/Cc1ccc(Cl)cc1)C2.[Br-]. The zero-order chi connectivity index (χ0) is 12.6. The lowest BCUT2D eigenvalue weighted by Gasteiger charge is -2.48. The van der Waals surface area contributed by atoms with Gasteiger partial charge in [0.05, 0.1) is 20.1 Å². The van der Waals surface area contributed by atoms with Crippen LogP contribution in [0.4, 0.5) is 0 Å². The van der Waals surface area contributed by atoms with Gasteiger partial charge in [-0.3, -0.25) is 0 Å². The normalized spacial score (nSPS) is 31.3. The second-order valence-corrected chi connectivity index (χ2v) is 6.55. The number of hydrogen-bond donors (Lipinski definition) is 0. The molecule has 3 fully saturated rings. The zero-order valence-electron chi connectivity index (χ0n) is 11.4. The number of nitrogens with zero attached hydrogens (tertiary/aromatic N) is 1. The fourth-order valence-corrected chi connectivity index (χ4v) is 3.52. The first kappa shape index (κ1) is 15.1. The summed E-state index contributed by atoms with van der Waals surface area (Å²) in [6.45, 7) is 4.03. The van der Waals surface area contributed by atoms with Crippen LogP contribution < -0.4 is 17.0 Å². The van der Waals surface area contributed by atoms with E-state index in [-0.39, 0.29) is 17.0 Å². The Bertz CT molecular complexity index is 458. The molecule has 0 saturated carbocycles. The Balaban J connectivity index is 0.00000133. The van der Waals surface area contributed by atoms with Crippen molar-refractivity contribution in [2.45, 2.75) is 19.3 Å². The number of hydrogen-bond acceptors (Lipinski definition) is 0. The minimum atomic E-state index is 0. The molecule has 19 heavy (non-hydrogen) atoms. The van der Waals surface area contributed by atoms with Crippen molar-refractivity contribution in [2.24, 2.45) is 5.92 Å². The van der Waals surface area contributed by atoms with E-state index in [1.165, 1.54) is 42.5 Å². The van der Waals surface area contributed by atoms with Gasteiger partial charge in [0.25, 0.3) is 0 Å². The molecule has 104 valence electrons. The Morgan fingerprint density at radius 3 is 2.42 bits per heavy atom. The van der Waals surface area contributed by atoms with Crippen LogP contribution in [0.15, 0.2) is 35.9 Å². The average molecular weight is 343 g/mol. The van der Waals surface area contributed by atoms with Crippen LogP contribution >= 0.6 is 11.6 Å². The molecule has 0 amide bonds. The average Bonchev–Trinajstić information content (AvgIpc) is 2.38. The molecule has 0 unspecified atom stereocenters. The molecule has 0 aliphatic carbocycles. The monoisotopic (exact) mass is 341 g/mol. The fraction of sp³-hybridized carbons (Fsp3) is 0.500. The second-order valence-electron chi connectivity index (χ2n) is 6.11. The standard InChI is InChI=1S/C16H21ClN.BrH/c1-18-10-8-14(9-11-18)15(12-18)5-2-13-3-6-16(17)7-4-13;/h3-7,14H,2,8-12H2,1H3;1H/q+1;/p-1/b15-5+;. The summed E-state index contributed by atoms with van der Waals surface area (Å²) in [5.74, 6) is 0.872. The maximum Gasteiger partial charge on any atom is 0.100 e. The van der Waals surface area contributed by atoms with Gasteiger partial charge in [0.15, 0.2) is 0 Å². The highest BCUT2D eigenvalue weighted by molar-refractivity contribution is 6.30. The quantitative estimate of drug-likeness (QED) is 0.548. The van der Waals surface area contributed by atoms with Crippen molar-refractivity contribution in [3.05, 3.63) is 46.5 Å². The smallest absolute Gasteiger partial charge is 0.100 e. The Morgan fingerprint density at radius 1 is 1.21 bits per heavy atom. The van der Waals surface area contributed by atoms with Gasteiger partial charge < -0.3 is 21.5 Å². The lowest BCUT2D eigenvalue weighted by atomic mass is 9.81. The number of rotatable bonds is 2. The van der Waals surface area contributed by atoms with Crippen molar-refractivity contribution < 1.29 is 21.5 Å². The van der Waals surface area contributed by atoms with Gasteiger partial charge >= 0.3 is 0 Å². The predicted octanol–water partition coefficient (Wildman–Crippen LogP) is 0.683.